The van der Waals surface area contributed by atoms with Gasteiger partial charge in [0.25, 0.3) is 5.91 Å². The highest BCUT2D eigenvalue weighted by Crippen LogP contribution is 2.30. The van der Waals surface area contributed by atoms with Gasteiger partial charge in [0, 0.05) is 18.4 Å². The Bertz CT molecular complexity index is 693. The molecule has 5 heteroatoms. The van der Waals surface area contributed by atoms with Crippen molar-refractivity contribution in [3.63, 3.8) is 0 Å². The maximum absolute atomic E-state index is 12.6. The van der Waals surface area contributed by atoms with E-state index in [1.165, 1.54) is 17.0 Å². The smallest absolute Gasteiger partial charge is 0.259 e. The van der Waals surface area contributed by atoms with Gasteiger partial charge in [-0.05, 0) is 49.2 Å². The van der Waals surface area contributed by atoms with E-state index in [1.807, 2.05) is 32.0 Å². The van der Waals surface area contributed by atoms with Crippen LogP contribution in [0.15, 0.2) is 30.3 Å². The summed E-state index contributed by atoms with van der Waals surface area (Å²) < 4.78 is 0. The molecule has 0 fully saturated rings. The average Bonchev–Trinajstić information content (AvgIpc) is 2.40. The van der Waals surface area contributed by atoms with Crippen molar-refractivity contribution >= 4 is 40.5 Å². The van der Waals surface area contributed by atoms with Crippen molar-refractivity contribution in [1.82, 2.24) is 0 Å². The fourth-order valence-electron chi connectivity index (χ4n) is 2.21. The predicted molar refractivity (Wildman–Crippen MR) is 89.5 cm³/mol. The second-order valence-electron chi connectivity index (χ2n) is 5.07. The molecule has 0 aliphatic rings. The lowest BCUT2D eigenvalue weighted by Crippen LogP contribution is -2.26. The Hall–Kier alpha value is -1.71. The zero-order valence-electron chi connectivity index (χ0n) is 12.1. The van der Waals surface area contributed by atoms with Crippen molar-refractivity contribution in [2.45, 2.75) is 13.8 Å². The SMILES string of the molecule is Cc1cc(C)cc(N(C)C(=O)c2cc(N)cc(Cl)c2Cl)c1. The standard InChI is InChI=1S/C16H16Cl2N2O/c1-9-4-10(2)6-12(5-9)20(3)16(21)13-7-11(19)8-14(17)15(13)18/h4-8H,19H2,1-3H3. The van der Waals surface area contributed by atoms with Gasteiger partial charge in [0.15, 0.2) is 0 Å². The predicted octanol–water partition coefficient (Wildman–Crippen LogP) is 4.47. The van der Waals surface area contributed by atoms with Crippen LogP contribution in [0.25, 0.3) is 0 Å². The lowest BCUT2D eigenvalue weighted by molar-refractivity contribution is 0.0993. The van der Waals surface area contributed by atoms with E-state index in [2.05, 4.69) is 0 Å². The van der Waals surface area contributed by atoms with Crippen LogP contribution in [0.3, 0.4) is 0 Å². The first-order valence-electron chi connectivity index (χ1n) is 6.40. The Balaban J connectivity index is 2.44. The Labute approximate surface area is 134 Å². The molecule has 0 aliphatic heterocycles. The fraction of sp³-hybridized carbons (Fsp3) is 0.188. The molecule has 1 amide bonds. The van der Waals surface area contributed by atoms with Gasteiger partial charge in [0.2, 0.25) is 0 Å². The summed E-state index contributed by atoms with van der Waals surface area (Å²) in [6.45, 7) is 3.97. The average molecular weight is 323 g/mol. The highest BCUT2D eigenvalue weighted by molar-refractivity contribution is 6.44. The molecule has 110 valence electrons. The number of benzene rings is 2. The molecule has 0 aliphatic carbocycles. The maximum atomic E-state index is 12.6. The number of rotatable bonds is 2. The second-order valence-corrected chi connectivity index (χ2v) is 5.86. The zero-order chi connectivity index (χ0) is 15.7. The van der Waals surface area contributed by atoms with Crippen LogP contribution in [-0.2, 0) is 0 Å². The fourth-order valence-corrected chi connectivity index (χ4v) is 2.63. The Morgan fingerprint density at radius 3 is 2.19 bits per heavy atom. The highest BCUT2D eigenvalue weighted by Gasteiger charge is 2.19. The molecule has 3 nitrogen and oxygen atoms in total. The van der Waals surface area contributed by atoms with E-state index >= 15 is 0 Å². The van der Waals surface area contributed by atoms with Gasteiger partial charge in [-0.15, -0.1) is 0 Å². The van der Waals surface area contributed by atoms with Crippen LogP contribution < -0.4 is 10.6 Å². The molecule has 0 unspecified atom stereocenters. The Morgan fingerprint density at radius 1 is 1.05 bits per heavy atom. The summed E-state index contributed by atoms with van der Waals surface area (Å²) in [4.78, 5) is 14.2. The zero-order valence-corrected chi connectivity index (χ0v) is 13.6. The van der Waals surface area contributed by atoms with Gasteiger partial charge in [-0.1, -0.05) is 29.3 Å². The molecule has 0 saturated carbocycles. The summed E-state index contributed by atoms with van der Waals surface area (Å²) in [5, 5.41) is 0.487. The van der Waals surface area contributed by atoms with Crippen molar-refractivity contribution in [2.75, 3.05) is 17.7 Å². The third-order valence-corrected chi connectivity index (χ3v) is 3.98. The number of aryl methyl sites for hydroxylation is 2. The summed E-state index contributed by atoms with van der Waals surface area (Å²) >= 11 is 12.1. The number of amides is 1. The topological polar surface area (TPSA) is 46.3 Å². The summed E-state index contributed by atoms with van der Waals surface area (Å²) in [5.41, 5.74) is 9.41. The number of halogens is 2. The lowest BCUT2D eigenvalue weighted by Gasteiger charge is -2.20. The monoisotopic (exact) mass is 322 g/mol. The van der Waals surface area contributed by atoms with Crippen LogP contribution in [0.5, 0.6) is 0 Å². The van der Waals surface area contributed by atoms with Gasteiger partial charge in [0.05, 0.1) is 15.6 Å². The van der Waals surface area contributed by atoms with Crippen molar-refractivity contribution in [1.29, 1.82) is 0 Å². The number of hydrogen-bond acceptors (Lipinski definition) is 2. The van der Waals surface area contributed by atoms with Crippen LogP contribution in [0.1, 0.15) is 21.5 Å². The van der Waals surface area contributed by atoms with Gasteiger partial charge in [-0.2, -0.15) is 0 Å². The van der Waals surface area contributed by atoms with Gasteiger partial charge in [-0.3, -0.25) is 4.79 Å². The van der Waals surface area contributed by atoms with E-state index in [-0.39, 0.29) is 16.0 Å². The van der Waals surface area contributed by atoms with Crippen molar-refractivity contribution in [3.05, 3.63) is 57.1 Å². The van der Waals surface area contributed by atoms with Gasteiger partial charge >= 0.3 is 0 Å². The molecule has 0 radical (unpaired) electrons. The molecular formula is C16H16Cl2N2O. The molecule has 2 rings (SSSR count). The van der Waals surface area contributed by atoms with E-state index in [1.54, 1.807) is 7.05 Å². The van der Waals surface area contributed by atoms with Crippen LogP contribution in [-0.4, -0.2) is 13.0 Å². The normalized spacial score (nSPS) is 10.5. The molecule has 2 N–H and O–H groups in total. The molecular weight excluding hydrogens is 307 g/mol. The molecule has 0 bridgehead atoms. The number of hydrogen-bond donors (Lipinski definition) is 1. The first-order valence-corrected chi connectivity index (χ1v) is 7.16. The lowest BCUT2D eigenvalue weighted by atomic mass is 10.1. The number of nitrogen functional groups attached to an aromatic ring is 1. The minimum Gasteiger partial charge on any atom is -0.399 e. The van der Waals surface area contributed by atoms with E-state index in [4.69, 9.17) is 28.9 Å². The third kappa shape index (κ3) is 3.31. The molecule has 0 atom stereocenters. The summed E-state index contributed by atoms with van der Waals surface area (Å²) in [7, 11) is 1.70. The van der Waals surface area contributed by atoms with E-state index in [0.29, 0.717) is 11.3 Å². The maximum Gasteiger partial charge on any atom is 0.259 e. The number of carbonyl (C=O) groups excluding carboxylic acids is 1. The van der Waals surface area contributed by atoms with E-state index < -0.39 is 0 Å². The quantitative estimate of drug-likeness (QED) is 0.829. The van der Waals surface area contributed by atoms with Crippen LogP contribution in [0.2, 0.25) is 10.0 Å². The Morgan fingerprint density at radius 2 is 1.62 bits per heavy atom. The van der Waals surface area contributed by atoms with E-state index in [9.17, 15) is 4.79 Å². The van der Waals surface area contributed by atoms with Crippen LogP contribution >= 0.6 is 23.2 Å². The number of nitrogens with zero attached hydrogens (tertiary/aromatic N) is 1. The third-order valence-electron chi connectivity index (χ3n) is 3.18. The second kappa shape index (κ2) is 5.96. The first-order chi connectivity index (χ1) is 9.79. The minimum atomic E-state index is -0.251. The van der Waals surface area contributed by atoms with Crippen LogP contribution in [0, 0.1) is 13.8 Å². The number of carbonyl (C=O) groups is 1. The molecule has 2 aromatic carbocycles. The summed E-state index contributed by atoms with van der Waals surface area (Å²) in [6, 6.07) is 8.98. The Kier molecular flexibility index (Phi) is 4.45. The minimum absolute atomic E-state index is 0.215. The van der Waals surface area contributed by atoms with Crippen molar-refractivity contribution < 1.29 is 4.79 Å². The number of nitrogens with two attached hydrogens (primary N) is 1. The molecule has 0 spiro atoms. The molecule has 0 aromatic heterocycles. The molecule has 0 saturated heterocycles. The van der Waals surface area contributed by atoms with Gasteiger partial charge < -0.3 is 10.6 Å². The van der Waals surface area contributed by atoms with Crippen LogP contribution in [0.4, 0.5) is 11.4 Å². The largest absolute Gasteiger partial charge is 0.399 e. The summed E-state index contributed by atoms with van der Waals surface area (Å²) in [5.74, 6) is -0.251. The first kappa shape index (κ1) is 15.7. The van der Waals surface area contributed by atoms with Crippen molar-refractivity contribution in [3.8, 4) is 0 Å². The molecule has 21 heavy (non-hydrogen) atoms. The number of anilines is 2. The van der Waals surface area contributed by atoms with Crippen molar-refractivity contribution in [2.24, 2.45) is 0 Å². The molecule has 2 aromatic rings. The highest BCUT2D eigenvalue weighted by atomic mass is 35.5. The summed E-state index contributed by atoms with van der Waals surface area (Å²) in [6.07, 6.45) is 0. The van der Waals surface area contributed by atoms with Gasteiger partial charge in [-0.25, -0.2) is 0 Å². The van der Waals surface area contributed by atoms with E-state index in [0.717, 1.165) is 16.8 Å². The molecule has 0 heterocycles. The van der Waals surface area contributed by atoms with Gasteiger partial charge in [0.1, 0.15) is 0 Å².